The fraction of sp³-hybridized carbons (Fsp3) is 0.364. The summed E-state index contributed by atoms with van der Waals surface area (Å²) in [6.07, 6.45) is 1.58. The highest BCUT2D eigenvalue weighted by Gasteiger charge is 2.12. The summed E-state index contributed by atoms with van der Waals surface area (Å²) in [6.45, 7) is 3.35. The smallest absolute Gasteiger partial charge is 0.251 e. The maximum absolute atomic E-state index is 12.3. The van der Waals surface area contributed by atoms with Gasteiger partial charge in [0, 0.05) is 31.5 Å². The minimum atomic E-state index is -0.140. The quantitative estimate of drug-likeness (QED) is 0.521. The van der Waals surface area contributed by atoms with Crippen LogP contribution in [0.25, 0.3) is 0 Å². The Kier molecular flexibility index (Phi) is 9.01. The monoisotopic (exact) mass is 383 g/mol. The van der Waals surface area contributed by atoms with Crippen LogP contribution in [0.1, 0.15) is 41.7 Å². The lowest BCUT2D eigenvalue weighted by Crippen LogP contribution is -2.33. The van der Waals surface area contributed by atoms with Gasteiger partial charge in [0.15, 0.2) is 0 Å². The van der Waals surface area contributed by atoms with E-state index in [2.05, 4.69) is 16.0 Å². The maximum atomic E-state index is 12.3. The summed E-state index contributed by atoms with van der Waals surface area (Å²) < 4.78 is 4.97. The van der Waals surface area contributed by atoms with Crippen LogP contribution >= 0.6 is 0 Å². The molecule has 0 radical (unpaired) electrons. The van der Waals surface area contributed by atoms with E-state index in [1.807, 2.05) is 43.3 Å². The van der Waals surface area contributed by atoms with E-state index in [1.165, 1.54) is 0 Å². The lowest BCUT2D eigenvalue weighted by atomic mass is 10.0. The summed E-state index contributed by atoms with van der Waals surface area (Å²) in [5.74, 6) is -0.232. The number of carbonyl (C=O) groups is 2. The van der Waals surface area contributed by atoms with Crippen LogP contribution in [-0.4, -0.2) is 38.6 Å². The molecule has 2 amide bonds. The van der Waals surface area contributed by atoms with Gasteiger partial charge < -0.3 is 20.7 Å². The first-order valence-corrected chi connectivity index (χ1v) is 9.59. The molecule has 0 aliphatic heterocycles. The summed E-state index contributed by atoms with van der Waals surface area (Å²) in [7, 11) is 1.63. The number of rotatable bonds is 11. The molecule has 0 aromatic heterocycles. The molecule has 0 saturated carbocycles. The van der Waals surface area contributed by atoms with E-state index in [1.54, 1.807) is 25.3 Å². The van der Waals surface area contributed by atoms with Crippen molar-refractivity contribution in [3.8, 4) is 0 Å². The largest absolute Gasteiger partial charge is 0.385 e. The lowest BCUT2D eigenvalue weighted by Gasteiger charge is -2.18. The third-order valence-electron chi connectivity index (χ3n) is 4.33. The molecule has 0 aliphatic carbocycles. The van der Waals surface area contributed by atoms with Crippen LogP contribution in [0.15, 0.2) is 54.6 Å². The van der Waals surface area contributed by atoms with Crippen molar-refractivity contribution < 1.29 is 14.3 Å². The first-order valence-electron chi connectivity index (χ1n) is 9.59. The van der Waals surface area contributed by atoms with E-state index in [4.69, 9.17) is 4.74 Å². The van der Waals surface area contributed by atoms with Gasteiger partial charge in [0.2, 0.25) is 5.91 Å². The molecule has 0 bridgehead atoms. The van der Waals surface area contributed by atoms with Gasteiger partial charge >= 0.3 is 0 Å². The van der Waals surface area contributed by atoms with E-state index in [0.717, 1.165) is 24.1 Å². The molecule has 0 fully saturated rings. The molecule has 0 aliphatic rings. The summed E-state index contributed by atoms with van der Waals surface area (Å²) >= 11 is 0. The molecule has 2 rings (SSSR count). The lowest BCUT2D eigenvalue weighted by molar-refractivity contribution is -0.120. The van der Waals surface area contributed by atoms with Gasteiger partial charge in [0.05, 0.1) is 12.6 Å². The standard InChI is InChI=1S/C22H29N3O3/c1-3-20(17-9-5-4-6-10-17)25-21(26)16-24-19-12-7-11-18(15-19)22(27)23-13-8-14-28-2/h4-7,9-12,15,20,24H,3,8,13-14,16H2,1-2H3,(H,23,27)(H,25,26). The number of benzene rings is 2. The van der Waals surface area contributed by atoms with Crippen LogP contribution in [0.2, 0.25) is 0 Å². The van der Waals surface area contributed by atoms with E-state index in [9.17, 15) is 9.59 Å². The van der Waals surface area contributed by atoms with Crippen molar-refractivity contribution in [1.29, 1.82) is 0 Å². The van der Waals surface area contributed by atoms with Crippen molar-refractivity contribution >= 4 is 17.5 Å². The number of ether oxygens (including phenoxy) is 1. The molecule has 6 heteroatoms. The van der Waals surface area contributed by atoms with Gasteiger partial charge in [-0.25, -0.2) is 0 Å². The van der Waals surface area contributed by atoms with Gasteiger partial charge in [-0.2, -0.15) is 0 Å². The third-order valence-corrected chi connectivity index (χ3v) is 4.33. The molecule has 150 valence electrons. The predicted molar refractivity (Wildman–Crippen MR) is 111 cm³/mol. The first kappa shape index (κ1) is 21.4. The van der Waals surface area contributed by atoms with E-state index < -0.39 is 0 Å². The molecule has 3 N–H and O–H groups in total. The normalized spacial score (nSPS) is 11.5. The molecule has 6 nitrogen and oxygen atoms in total. The van der Waals surface area contributed by atoms with Crippen LogP contribution in [0, 0.1) is 0 Å². The molecule has 2 aromatic rings. The highest BCUT2D eigenvalue weighted by atomic mass is 16.5. The Balaban J connectivity index is 1.85. The predicted octanol–water partition coefficient (Wildman–Crippen LogP) is 3.13. The molecule has 28 heavy (non-hydrogen) atoms. The summed E-state index contributed by atoms with van der Waals surface area (Å²) in [4.78, 5) is 24.5. The minimum Gasteiger partial charge on any atom is -0.385 e. The van der Waals surface area contributed by atoms with E-state index >= 15 is 0 Å². The van der Waals surface area contributed by atoms with E-state index in [0.29, 0.717) is 18.7 Å². The van der Waals surface area contributed by atoms with E-state index in [-0.39, 0.29) is 24.4 Å². The zero-order valence-electron chi connectivity index (χ0n) is 16.5. The topological polar surface area (TPSA) is 79.5 Å². The van der Waals surface area contributed by atoms with Gasteiger partial charge in [-0.3, -0.25) is 9.59 Å². The number of methoxy groups -OCH3 is 1. The summed E-state index contributed by atoms with van der Waals surface area (Å²) in [6, 6.07) is 17.0. The van der Waals surface area contributed by atoms with Crippen molar-refractivity contribution in [2.75, 3.05) is 32.1 Å². The zero-order valence-corrected chi connectivity index (χ0v) is 16.5. The van der Waals surface area contributed by atoms with Crippen LogP contribution in [0.4, 0.5) is 5.69 Å². The fourth-order valence-corrected chi connectivity index (χ4v) is 2.83. The Labute approximate surface area is 166 Å². The Bertz CT molecular complexity index is 750. The van der Waals surface area contributed by atoms with Gasteiger partial charge in [-0.05, 0) is 36.6 Å². The Hall–Kier alpha value is -2.86. The van der Waals surface area contributed by atoms with Crippen molar-refractivity contribution in [3.05, 3.63) is 65.7 Å². The SMILES string of the molecule is CCC(NC(=O)CNc1cccc(C(=O)NCCCOC)c1)c1ccccc1. The Morgan fingerprint density at radius 2 is 1.86 bits per heavy atom. The summed E-state index contributed by atoms with van der Waals surface area (Å²) in [5, 5.41) is 8.97. The number of hydrogen-bond donors (Lipinski definition) is 3. The Morgan fingerprint density at radius 1 is 1.07 bits per heavy atom. The second-order valence-corrected chi connectivity index (χ2v) is 6.48. The van der Waals surface area contributed by atoms with Crippen molar-refractivity contribution in [2.45, 2.75) is 25.8 Å². The molecule has 2 aromatic carbocycles. The number of hydrogen-bond acceptors (Lipinski definition) is 4. The number of nitrogens with one attached hydrogen (secondary N) is 3. The number of carbonyl (C=O) groups excluding carboxylic acids is 2. The van der Waals surface area contributed by atoms with Gasteiger partial charge in [-0.1, -0.05) is 43.3 Å². The highest BCUT2D eigenvalue weighted by molar-refractivity contribution is 5.95. The molecule has 1 unspecified atom stereocenters. The van der Waals surface area contributed by atoms with Crippen molar-refractivity contribution in [2.24, 2.45) is 0 Å². The number of amides is 2. The third kappa shape index (κ3) is 7.04. The van der Waals surface area contributed by atoms with Crippen LogP contribution in [-0.2, 0) is 9.53 Å². The molecule has 0 spiro atoms. The summed E-state index contributed by atoms with van der Waals surface area (Å²) in [5.41, 5.74) is 2.37. The highest BCUT2D eigenvalue weighted by Crippen LogP contribution is 2.16. The molecule has 1 atom stereocenters. The first-order chi connectivity index (χ1) is 13.6. The van der Waals surface area contributed by atoms with Crippen LogP contribution in [0.5, 0.6) is 0 Å². The molecular formula is C22H29N3O3. The molecule has 0 heterocycles. The van der Waals surface area contributed by atoms with Crippen molar-refractivity contribution in [3.63, 3.8) is 0 Å². The van der Waals surface area contributed by atoms with Gasteiger partial charge in [0.25, 0.3) is 5.91 Å². The van der Waals surface area contributed by atoms with Crippen LogP contribution < -0.4 is 16.0 Å². The molecular weight excluding hydrogens is 354 g/mol. The number of anilines is 1. The Morgan fingerprint density at radius 3 is 2.57 bits per heavy atom. The van der Waals surface area contributed by atoms with Gasteiger partial charge in [0.1, 0.15) is 0 Å². The molecule has 0 saturated heterocycles. The van der Waals surface area contributed by atoms with Crippen molar-refractivity contribution in [1.82, 2.24) is 10.6 Å². The zero-order chi connectivity index (χ0) is 20.2. The maximum Gasteiger partial charge on any atom is 0.251 e. The average molecular weight is 383 g/mol. The fourth-order valence-electron chi connectivity index (χ4n) is 2.83. The minimum absolute atomic E-state index is 0.0142. The second kappa shape index (κ2) is 11.8. The van der Waals surface area contributed by atoms with Crippen LogP contribution in [0.3, 0.4) is 0 Å². The van der Waals surface area contributed by atoms with Gasteiger partial charge in [-0.15, -0.1) is 0 Å². The second-order valence-electron chi connectivity index (χ2n) is 6.48. The average Bonchev–Trinajstić information content (AvgIpc) is 2.74.